The molecule has 15 heavy (non-hydrogen) atoms. The lowest BCUT2D eigenvalue weighted by Crippen LogP contribution is -2.15. The van der Waals surface area contributed by atoms with Crippen molar-refractivity contribution in [2.24, 2.45) is 0 Å². The smallest absolute Gasteiger partial charge is 0.0190 e. The van der Waals surface area contributed by atoms with Crippen LogP contribution in [0.1, 0.15) is 47.5 Å². The van der Waals surface area contributed by atoms with Gasteiger partial charge in [0.05, 0.1) is 0 Å². The van der Waals surface area contributed by atoms with E-state index in [9.17, 15) is 0 Å². The first-order valence-corrected chi connectivity index (χ1v) is 6.18. The van der Waals surface area contributed by atoms with Gasteiger partial charge in [0.1, 0.15) is 0 Å². The first-order chi connectivity index (χ1) is 7.18. The highest BCUT2D eigenvalue weighted by atomic mass is 15.0. The molecule has 0 N–H and O–H groups in total. The molecule has 90 valence electrons. The van der Waals surface area contributed by atoms with Gasteiger partial charge < -0.3 is 4.90 Å². The van der Waals surface area contributed by atoms with Gasteiger partial charge >= 0.3 is 0 Å². The van der Waals surface area contributed by atoms with Gasteiger partial charge in [0.25, 0.3) is 0 Å². The van der Waals surface area contributed by atoms with Crippen molar-refractivity contribution in [1.82, 2.24) is 4.90 Å². The van der Waals surface area contributed by atoms with Gasteiger partial charge in [-0.1, -0.05) is 51.0 Å². The first-order valence-electron chi connectivity index (χ1n) is 6.18. The van der Waals surface area contributed by atoms with Crippen molar-refractivity contribution in [3.8, 4) is 0 Å². The molecule has 0 bridgehead atoms. The molecule has 0 aromatic rings. The van der Waals surface area contributed by atoms with Crippen LogP contribution in [0.2, 0.25) is 0 Å². The largest absolute Gasteiger partial charge is 0.305 e. The summed E-state index contributed by atoms with van der Waals surface area (Å²) in [6, 6.07) is 0. The highest BCUT2D eigenvalue weighted by Gasteiger charge is 2.03. The lowest BCUT2D eigenvalue weighted by Gasteiger charge is -2.15. The zero-order valence-electron chi connectivity index (χ0n) is 11.7. The Hall–Kier alpha value is -0.560. The summed E-state index contributed by atoms with van der Waals surface area (Å²) in [7, 11) is 4.23. The summed E-state index contributed by atoms with van der Waals surface area (Å²) in [5.74, 6) is 0. The molecule has 0 saturated carbocycles. The number of allylic oxidation sites excluding steroid dienone is 3. The topological polar surface area (TPSA) is 3.24 Å². The summed E-state index contributed by atoms with van der Waals surface area (Å²) in [4.78, 5) is 2.22. The third kappa shape index (κ3) is 9.74. The van der Waals surface area contributed by atoms with E-state index < -0.39 is 0 Å². The monoisotopic (exact) mass is 211 g/mol. The lowest BCUT2D eigenvalue weighted by molar-refractivity contribution is 0.438. The Kier molecular flexibility index (Phi) is 12.9. The molecule has 0 spiro atoms. The van der Waals surface area contributed by atoms with E-state index in [1.54, 1.807) is 5.57 Å². The van der Waals surface area contributed by atoms with Gasteiger partial charge in [0.2, 0.25) is 0 Å². The molecule has 1 aliphatic rings. The van der Waals surface area contributed by atoms with Gasteiger partial charge in [-0.15, -0.1) is 0 Å². The minimum atomic E-state index is 1.11. The summed E-state index contributed by atoms with van der Waals surface area (Å²) in [5, 5.41) is 0. The number of likely N-dealkylation sites (N-methyl/N-ethyl adjacent to an activating group) is 1. The van der Waals surface area contributed by atoms with Crippen LogP contribution in [0.25, 0.3) is 0 Å². The summed E-state index contributed by atoms with van der Waals surface area (Å²) >= 11 is 0. The van der Waals surface area contributed by atoms with Crippen LogP contribution in [0.3, 0.4) is 0 Å². The Bertz CT molecular complexity index is 188. The maximum atomic E-state index is 2.26. The molecule has 0 fully saturated rings. The van der Waals surface area contributed by atoms with Gasteiger partial charge in [-0.05, 0) is 33.9 Å². The van der Waals surface area contributed by atoms with Gasteiger partial charge in [-0.3, -0.25) is 0 Å². The van der Waals surface area contributed by atoms with Crippen LogP contribution in [-0.4, -0.2) is 25.5 Å². The molecule has 0 radical (unpaired) electrons. The summed E-state index contributed by atoms with van der Waals surface area (Å²) in [6.07, 6.45) is 7.00. The molecule has 0 amide bonds. The molecular weight excluding hydrogens is 182 g/mol. The molecular formula is C14H29N. The molecule has 0 aromatic carbocycles. The minimum absolute atomic E-state index is 1.11. The molecule has 0 unspecified atom stereocenters. The Labute approximate surface area is 96.9 Å². The van der Waals surface area contributed by atoms with Crippen molar-refractivity contribution < 1.29 is 0 Å². The summed E-state index contributed by atoms with van der Waals surface area (Å²) in [6.45, 7) is 11.3. The molecule has 0 atom stereocenters. The lowest BCUT2D eigenvalue weighted by atomic mass is 9.99. The SMILES string of the molecule is CC.CC.CC1=CC=C(CN(C)C)CC1. The van der Waals surface area contributed by atoms with Gasteiger partial charge in [0, 0.05) is 6.54 Å². The van der Waals surface area contributed by atoms with E-state index in [1.807, 2.05) is 27.7 Å². The molecule has 1 rings (SSSR count). The predicted octanol–water partition coefficient (Wildman–Crippen LogP) is 4.27. The average molecular weight is 211 g/mol. The van der Waals surface area contributed by atoms with E-state index >= 15 is 0 Å². The third-order valence-electron chi connectivity index (χ3n) is 1.96. The quantitative estimate of drug-likeness (QED) is 0.659. The maximum absolute atomic E-state index is 2.26. The van der Waals surface area contributed by atoms with Crippen LogP contribution in [0.15, 0.2) is 23.3 Å². The van der Waals surface area contributed by atoms with Crippen LogP contribution in [0, 0.1) is 0 Å². The van der Waals surface area contributed by atoms with E-state index in [0.717, 1.165) is 6.54 Å². The molecule has 0 saturated heterocycles. The van der Waals surface area contributed by atoms with Gasteiger partial charge in [0.15, 0.2) is 0 Å². The second-order valence-corrected chi connectivity index (χ2v) is 3.58. The van der Waals surface area contributed by atoms with E-state index in [-0.39, 0.29) is 0 Å². The fraction of sp³-hybridized carbons (Fsp3) is 0.714. The Morgan fingerprint density at radius 2 is 1.53 bits per heavy atom. The third-order valence-corrected chi connectivity index (χ3v) is 1.96. The molecule has 0 aliphatic heterocycles. The van der Waals surface area contributed by atoms with Crippen LogP contribution in [-0.2, 0) is 0 Å². The van der Waals surface area contributed by atoms with E-state index in [0.29, 0.717) is 0 Å². The normalized spacial score (nSPS) is 14.1. The first kappa shape index (κ1) is 16.9. The zero-order valence-corrected chi connectivity index (χ0v) is 11.7. The second kappa shape index (κ2) is 11.5. The zero-order chi connectivity index (χ0) is 12.3. The van der Waals surface area contributed by atoms with Crippen LogP contribution in [0.5, 0.6) is 0 Å². The number of rotatable bonds is 2. The average Bonchev–Trinajstić information content (AvgIpc) is 2.27. The molecule has 1 heteroatoms. The maximum Gasteiger partial charge on any atom is 0.0190 e. The van der Waals surface area contributed by atoms with Crippen molar-refractivity contribution >= 4 is 0 Å². The fourth-order valence-electron chi connectivity index (χ4n) is 1.32. The number of hydrogen-bond acceptors (Lipinski definition) is 1. The Morgan fingerprint density at radius 1 is 1.00 bits per heavy atom. The van der Waals surface area contributed by atoms with Crippen molar-refractivity contribution in [3.05, 3.63) is 23.3 Å². The number of nitrogens with zero attached hydrogens (tertiary/aromatic N) is 1. The minimum Gasteiger partial charge on any atom is -0.305 e. The van der Waals surface area contributed by atoms with E-state index in [4.69, 9.17) is 0 Å². The highest BCUT2D eigenvalue weighted by Crippen LogP contribution is 2.17. The van der Waals surface area contributed by atoms with Crippen LogP contribution >= 0.6 is 0 Å². The van der Waals surface area contributed by atoms with Crippen molar-refractivity contribution in [2.45, 2.75) is 47.5 Å². The van der Waals surface area contributed by atoms with Crippen LogP contribution in [0.4, 0.5) is 0 Å². The molecule has 0 heterocycles. The molecule has 0 aromatic heterocycles. The second-order valence-electron chi connectivity index (χ2n) is 3.58. The fourth-order valence-corrected chi connectivity index (χ4v) is 1.32. The summed E-state index contributed by atoms with van der Waals surface area (Å²) < 4.78 is 0. The summed E-state index contributed by atoms with van der Waals surface area (Å²) in [5.41, 5.74) is 3.06. The molecule has 1 nitrogen and oxygen atoms in total. The Balaban J connectivity index is 0. The van der Waals surface area contributed by atoms with Gasteiger partial charge in [-0.2, -0.15) is 0 Å². The highest BCUT2D eigenvalue weighted by molar-refractivity contribution is 5.23. The van der Waals surface area contributed by atoms with E-state index in [1.165, 1.54) is 18.4 Å². The standard InChI is InChI=1S/C10H17N.2C2H6/c1-9-4-6-10(7-5-9)8-11(2)3;2*1-2/h4,6H,5,7-8H2,1-3H3;2*1-2H3. The Morgan fingerprint density at radius 3 is 1.87 bits per heavy atom. The van der Waals surface area contributed by atoms with Gasteiger partial charge in [-0.25, -0.2) is 0 Å². The predicted molar refractivity (Wildman–Crippen MR) is 72.3 cm³/mol. The van der Waals surface area contributed by atoms with Crippen molar-refractivity contribution in [2.75, 3.05) is 20.6 Å². The van der Waals surface area contributed by atoms with Crippen molar-refractivity contribution in [3.63, 3.8) is 0 Å². The van der Waals surface area contributed by atoms with E-state index in [2.05, 4.69) is 38.1 Å². The molecule has 1 aliphatic carbocycles. The van der Waals surface area contributed by atoms with Crippen molar-refractivity contribution in [1.29, 1.82) is 0 Å². The van der Waals surface area contributed by atoms with Crippen LogP contribution < -0.4 is 0 Å². The number of hydrogen-bond donors (Lipinski definition) is 0.